The van der Waals surface area contributed by atoms with Crippen molar-refractivity contribution in [1.29, 1.82) is 0 Å². The molecule has 2 heteroatoms. The van der Waals surface area contributed by atoms with Crippen LogP contribution in [0.5, 0.6) is 0 Å². The maximum Gasteiger partial charge on any atom is 0.0277 e. The van der Waals surface area contributed by atoms with Crippen LogP contribution in [0.25, 0.3) is 0 Å². The van der Waals surface area contributed by atoms with E-state index in [1.807, 2.05) is 0 Å². The van der Waals surface area contributed by atoms with Gasteiger partial charge in [-0.15, -0.1) is 0 Å². The van der Waals surface area contributed by atoms with Crippen LogP contribution in [0.2, 0.25) is 0 Å². The second-order valence-corrected chi connectivity index (χ2v) is 8.73. The zero-order valence-electron chi connectivity index (χ0n) is 13.1. The maximum atomic E-state index is 2.79. The second-order valence-electron chi connectivity index (χ2n) is 8.73. The molecule has 0 N–H and O–H groups in total. The van der Waals surface area contributed by atoms with Gasteiger partial charge in [0.1, 0.15) is 0 Å². The molecular formula is C16H30N2. The van der Waals surface area contributed by atoms with Gasteiger partial charge in [0.25, 0.3) is 0 Å². The summed E-state index contributed by atoms with van der Waals surface area (Å²) in [7, 11) is 0. The van der Waals surface area contributed by atoms with E-state index in [1.54, 1.807) is 0 Å². The monoisotopic (exact) mass is 250 g/mol. The van der Waals surface area contributed by atoms with Crippen molar-refractivity contribution in [2.45, 2.75) is 65.5 Å². The Hall–Kier alpha value is -0.0800. The number of rotatable bonds is 2. The minimum Gasteiger partial charge on any atom is -0.295 e. The Kier molecular flexibility index (Phi) is 2.39. The van der Waals surface area contributed by atoms with Gasteiger partial charge >= 0.3 is 0 Å². The molecule has 1 aliphatic heterocycles. The molecule has 0 atom stereocenters. The average molecular weight is 250 g/mol. The molecule has 3 fully saturated rings. The van der Waals surface area contributed by atoms with Crippen LogP contribution in [0, 0.1) is 10.8 Å². The maximum absolute atomic E-state index is 2.79. The lowest BCUT2D eigenvalue weighted by molar-refractivity contribution is -0.0191. The highest BCUT2D eigenvalue weighted by Crippen LogP contribution is 2.81. The molecule has 3 aliphatic rings. The summed E-state index contributed by atoms with van der Waals surface area (Å²) in [5.74, 6) is 0. The van der Waals surface area contributed by atoms with Gasteiger partial charge in [-0.2, -0.15) is 0 Å². The van der Waals surface area contributed by atoms with Gasteiger partial charge < -0.3 is 0 Å². The van der Waals surface area contributed by atoms with Crippen LogP contribution in [0.3, 0.4) is 0 Å². The summed E-state index contributed by atoms with van der Waals surface area (Å²) in [4.78, 5) is 5.50. The van der Waals surface area contributed by atoms with Crippen molar-refractivity contribution >= 4 is 0 Å². The van der Waals surface area contributed by atoms with Gasteiger partial charge in [0.2, 0.25) is 0 Å². The van der Waals surface area contributed by atoms with Crippen molar-refractivity contribution in [2.24, 2.45) is 10.8 Å². The molecule has 1 saturated heterocycles. The van der Waals surface area contributed by atoms with Gasteiger partial charge in [0.05, 0.1) is 0 Å². The first-order chi connectivity index (χ1) is 8.12. The average Bonchev–Trinajstić information content (AvgIpc) is 3.02. The number of fused-ring (bicyclic) bond motifs is 1. The van der Waals surface area contributed by atoms with Crippen molar-refractivity contribution in [1.82, 2.24) is 9.80 Å². The van der Waals surface area contributed by atoms with Crippen LogP contribution in [-0.2, 0) is 0 Å². The molecule has 3 rings (SSSR count). The zero-order chi connectivity index (χ0) is 13.4. The fourth-order valence-electron chi connectivity index (χ4n) is 3.92. The lowest BCUT2D eigenvalue weighted by Gasteiger charge is -2.51. The fraction of sp³-hybridized carbons (Fsp3) is 1.00. The van der Waals surface area contributed by atoms with Crippen molar-refractivity contribution in [3.63, 3.8) is 0 Å². The quantitative estimate of drug-likeness (QED) is 0.743. The van der Waals surface area contributed by atoms with E-state index in [0.717, 1.165) is 5.41 Å². The predicted molar refractivity (Wildman–Crippen MR) is 76.8 cm³/mol. The first-order valence-electron chi connectivity index (χ1n) is 7.63. The highest BCUT2D eigenvalue weighted by Gasteiger charge is 2.82. The number of nitrogens with zero attached hydrogens (tertiary/aromatic N) is 2. The third kappa shape index (κ3) is 1.54. The van der Waals surface area contributed by atoms with E-state index >= 15 is 0 Å². The van der Waals surface area contributed by atoms with Crippen LogP contribution in [0.4, 0.5) is 0 Å². The van der Waals surface area contributed by atoms with Crippen LogP contribution in [0.15, 0.2) is 0 Å². The largest absolute Gasteiger partial charge is 0.295 e. The van der Waals surface area contributed by atoms with Gasteiger partial charge in [0, 0.05) is 37.3 Å². The van der Waals surface area contributed by atoms with Crippen molar-refractivity contribution < 1.29 is 0 Å². The van der Waals surface area contributed by atoms with Gasteiger partial charge in [-0.25, -0.2) is 0 Å². The minimum absolute atomic E-state index is 0.299. The topological polar surface area (TPSA) is 6.48 Å². The summed E-state index contributed by atoms with van der Waals surface area (Å²) in [6.45, 7) is 19.5. The van der Waals surface area contributed by atoms with E-state index in [9.17, 15) is 0 Å². The van der Waals surface area contributed by atoms with Crippen molar-refractivity contribution in [2.75, 3.05) is 26.2 Å². The lowest BCUT2D eigenvalue weighted by atomic mass is 9.75. The second kappa shape index (κ2) is 3.32. The SMILES string of the molecule is CC(C)(C)C(C)(C)N1CCN(C23CC2(C)C3)CC1. The Bertz CT molecular complexity index is 350. The van der Waals surface area contributed by atoms with Gasteiger partial charge in [0.15, 0.2) is 0 Å². The van der Waals surface area contributed by atoms with E-state index in [0.29, 0.717) is 16.5 Å². The van der Waals surface area contributed by atoms with Gasteiger partial charge in [-0.1, -0.05) is 27.7 Å². The summed E-state index contributed by atoms with van der Waals surface area (Å²) >= 11 is 0. The number of hydrogen-bond donors (Lipinski definition) is 0. The Morgan fingerprint density at radius 1 is 0.833 bits per heavy atom. The van der Waals surface area contributed by atoms with E-state index in [4.69, 9.17) is 0 Å². The molecule has 0 unspecified atom stereocenters. The summed E-state index contributed by atoms with van der Waals surface area (Å²) in [6, 6.07) is 0. The first kappa shape index (κ1) is 12.9. The predicted octanol–water partition coefficient (Wildman–Crippen LogP) is 2.98. The summed E-state index contributed by atoms with van der Waals surface area (Å²) in [5.41, 5.74) is 2.05. The Labute approximate surface area is 113 Å². The smallest absolute Gasteiger partial charge is 0.0277 e. The van der Waals surface area contributed by atoms with Gasteiger partial charge in [-0.05, 0) is 37.5 Å². The van der Waals surface area contributed by atoms with Crippen molar-refractivity contribution in [3.05, 3.63) is 0 Å². The molecule has 0 aromatic heterocycles. The molecule has 0 spiro atoms. The van der Waals surface area contributed by atoms with E-state index in [2.05, 4.69) is 51.3 Å². The Morgan fingerprint density at radius 3 is 1.61 bits per heavy atom. The summed E-state index contributed by atoms with van der Waals surface area (Å²) in [5, 5.41) is 0. The lowest BCUT2D eigenvalue weighted by Crippen LogP contribution is -2.60. The third-order valence-electron chi connectivity index (χ3n) is 6.75. The van der Waals surface area contributed by atoms with E-state index in [-0.39, 0.29) is 0 Å². The molecule has 18 heavy (non-hydrogen) atoms. The molecule has 0 bridgehead atoms. The third-order valence-corrected chi connectivity index (χ3v) is 6.75. The van der Waals surface area contributed by atoms with E-state index < -0.39 is 0 Å². The van der Waals surface area contributed by atoms with E-state index in [1.165, 1.54) is 39.0 Å². The summed E-state index contributed by atoms with van der Waals surface area (Å²) < 4.78 is 0. The normalized spacial score (nSPS) is 41.7. The highest BCUT2D eigenvalue weighted by molar-refractivity contribution is 5.36. The van der Waals surface area contributed by atoms with Crippen LogP contribution >= 0.6 is 0 Å². The number of piperazine rings is 1. The zero-order valence-corrected chi connectivity index (χ0v) is 13.1. The Balaban J connectivity index is 1.61. The fourth-order valence-corrected chi connectivity index (χ4v) is 3.92. The van der Waals surface area contributed by atoms with Gasteiger partial charge in [-0.3, -0.25) is 9.80 Å². The molecule has 0 amide bonds. The molecule has 0 aromatic carbocycles. The van der Waals surface area contributed by atoms with Crippen molar-refractivity contribution in [3.8, 4) is 0 Å². The van der Waals surface area contributed by atoms with Crippen LogP contribution < -0.4 is 0 Å². The minimum atomic E-state index is 0.299. The standard InChI is InChI=1S/C16H30N2/c1-13(2,3)14(4,5)17-7-9-18(10-8-17)16-11-15(16,6)12-16/h7-12H2,1-6H3. The highest BCUT2D eigenvalue weighted by atomic mass is 15.4. The molecule has 104 valence electrons. The first-order valence-corrected chi connectivity index (χ1v) is 7.63. The number of hydrogen-bond acceptors (Lipinski definition) is 2. The molecule has 1 heterocycles. The van der Waals surface area contributed by atoms with Crippen LogP contribution in [-0.4, -0.2) is 47.1 Å². The molecule has 0 radical (unpaired) electrons. The molecular weight excluding hydrogens is 220 g/mol. The molecule has 2 nitrogen and oxygen atoms in total. The molecule has 2 saturated carbocycles. The molecule has 2 aliphatic carbocycles. The summed E-state index contributed by atoms with van der Waals surface area (Å²) in [6.07, 6.45) is 2.95. The van der Waals surface area contributed by atoms with Crippen LogP contribution in [0.1, 0.15) is 54.4 Å². The molecule has 0 aromatic rings. The Morgan fingerprint density at radius 2 is 1.28 bits per heavy atom.